The Morgan fingerprint density at radius 1 is 1.10 bits per heavy atom. The number of fused-ring (bicyclic) bond motifs is 1. The van der Waals surface area contributed by atoms with Gasteiger partial charge in [-0.15, -0.1) is 10.2 Å². The van der Waals surface area contributed by atoms with Crippen LogP contribution in [0.1, 0.15) is 23.8 Å². The minimum atomic E-state index is -0.144. The van der Waals surface area contributed by atoms with Crippen molar-refractivity contribution in [3.8, 4) is 11.5 Å². The van der Waals surface area contributed by atoms with Crippen LogP contribution < -0.4 is 15.0 Å². The summed E-state index contributed by atoms with van der Waals surface area (Å²) in [5.74, 6) is 2.79. The molecule has 0 aliphatic rings. The summed E-state index contributed by atoms with van der Waals surface area (Å²) >= 11 is 1.47. The molecule has 0 bridgehead atoms. The van der Waals surface area contributed by atoms with Crippen LogP contribution in [0.25, 0.3) is 10.9 Å². The largest absolute Gasteiger partial charge is 0.497 e. The molecule has 0 aliphatic heterocycles. The van der Waals surface area contributed by atoms with Gasteiger partial charge >= 0.3 is 0 Å². The molecular formula is C21H21N5O3S. The van der Waals surface area contributed by atoms with Gasteiger partial charge in [0.1, 0.15) is 23.9 Å². The third-order valence-electron chi connectivity index (χ3n) is 4.65. The fourth-order valence-corrected chi connectivity index (χ4v) is 3.80. The van der Waals surface area contributed by atoms with Crippen LogP contribution in [0.15, 0.2) is 58.5 Å². The molecule has 4 rings (SSSR count). The summed E-state index contributed by atoms with van der Waals surface area (Å²) in [5.41, 5.74) is 0.532. The van der Waals surface area contributed by atoms with Gasteiger partial charge in [-0.1, -0.05) is 23.9 Å². The molecule has 1 N–H and O–H groups in total. The van der Waals surface area contributed by atoms with E-state index in [1.54, 1.807) is 13.2 Å². The zero-order chi connectivity index (χ0) is 21.1. The number of hydrogen-bond donors (Lipinski definition) is 1. The zero-order valence-corrected chi connectivity index (χ0v) is 17.6. The Hall–Kier alpha value is -3.33. The van der Waals surface area contributed by atoms with Crippen molar-refractivity contribution >= 4 is 22.7 Å². The van der Waals surface area contributed by atoms with Crippen LogP contribution in [0.3, 0.4) is 0 Å². The maximum absolute atomic E-state index is 12.3. The van der Waals surface area contributed by atoms with E-state index >= 15 is 0 Å². The second-order valence-corrected chi connectivity index (χ2v) is 7.96. The van der Waals surface area contributed by atoms with Crippen molar-refractivity contribution in [3.63, 3.8) is 0 Å². The Morgan fingerprint density at radius 3 is 2.60 bits per heavy atom. The number of aromatic nitrogens is 5. The smallest absolute Gasteiger partial charge is 0.258 e. The highest BCUT2D eigenvalue weighted by atomic mass is 32.2. The first-order valence-corrected chi connectivity index (χ1v) is 10.2. The molecule has 2 heterocycles. The van der Waals surface area contributed by atoms with E-state index in [0.29, 0.717) is 27.7 Å². The van der Waals surface area contributed by atoms with E-state index in [2.05, 4.69) is 20.2 Å². The number of benzene rings is 2. The summed E-state index contributed by atoms with van der Waals surface area (Å²) in [6.45, 7) is 2.26. The number of para-hydroxylation sites is 1. The van der Waals surface area contributed by atoms with Crippen molar-refractivity contribution in [2.75, 3.05) is 7.11 Å². The van der Waals surface area contributed by atoms with Crippen molar-refractivity contribution in [3.05, 3.63) is 70.5 Å². The molecular weight excluding hydrogens is 402 g/mol. The molecule has 0 fully saturated rings. The number of aromatic amines is 1. The molecule has 0 spiro atoms. The third kappa shape index (κ3) is 4.16. The lowest BCUT2D eigenvalue weighted by Crippen LogP contribution is -2.13. The molecule has 1 atom stereocenters. The van der Waals surface area contributed by atoms with Gasteiger partial charge < -0.3 is 19.0 Å². The summed E-state index contributed by atoms with van der Waals surface area (Å²) in [4.78, 5) is 19.8. The van der Waals surface area contributed by atoms with E-state index < -0.39 is 0 Å². The Balaban J connectivity index is 1.46. The van der Waals surface area contributed by atoms with E-state index in [4.69, 9.17) is 9.47 Å². The van der Waals surface area contributed by atoms with Crippen molar-refractivity contribution in [2.24, 2.45) is 7.05 Å². The summed E-state index contributed by atoms with van der Waals surface area (Å²) in [6.07, 6.45) is 0. The first kappa shape index (κ1) is 20.0. The summed E-state index contributed by atoms with van der Waals surface area (Å²) < 4.78 is 12.8. The van der Waals surface area contributed by atoms with Gasteiger partial charge in [0.2, 0.25) is 0 Å². The average molecular weight is 423 g/mol. The van der Waals surface area contributed by atoms with Gasteiger partial charge in [0.25, 0.3) is 5.56 Å². The Kier molecular flexibility index (Phi) is 5.71. The van der Waals surface area contributed by atoms with Crippen molar-refractivity contribution in [2.45, 2.75) is 23.9 Å². The lowest BCUT2D eigenvalue weighted by molar-refractivity contribution is 0.290. The highest BCUT2D eigenvalue weighted by molar-refractivity contribution is 7.99. The standard InChI is InChI=1S/C21H21N5O3S/c1-13(19-22-17-7-5-4-6-16(17)20(27)23-19)30-21-25-24-18(26(21)2)12-29-15-10-8-14(28-3)9-11-15/h4-11,13H,12H2,1-3H3,(H,22,23,27). The maximum Gasteiger partial charge on any atom is 0.258 e. The molecule has 9 heteroatoms. The normalized spacial score (nSPS) is 12.1. The van der Waals surface area contributed by atoms with Crippen molar-refractivity contribution in [1.82, 2.24) is 24.7 Å². The van der Waals surface area contributed by atoms with E-state index in [1.807, 2.05) is 61.0 Å². The van der Waals surface area contributed by atoms with Crippen LogP contribution in [0.2, 0.25) is 0 Å². The minimum absolute atomic E-state index is 0.111. The second-order valence-electron chi connectivity index (χ2n) is 6.65. The molecule has 2 aromatic carbocycles. The number of rotatable bonds is 7. The van der Waals surface area contributed by atoms with Gasteiger partial charge in [0.05, 0.1) is 23.3 Å². The van der Waals surface area contributed by atoms with Gasteiger partial charge in [-0.2, -0.15) is 0 Å². The Labute approximate surface area is 177 Å². The highest BCUT2D eigenvalue weighted by Gasteiger charge is 2.17. The Morgan fingerprint density at radius 2 is 1.83 bits per heavy atom. The second kappa shape index (κ2) is 8.58. The first-order valence-electron chi connectivity index (χ1n) is 9.36. The van der Waals surface area contributed by atoms with Gasteiger partial charge in [-0.3, -0.25) is 4.79 Å². The monoisotopic (exact) mass is 423 g/mol. The fourth-order valence-electron chi connectivity index (χ4n) is 2.90. The molecule has 4 aromatic rings. The van der Waals surface area contributed by atoms with Gasteiger partial charge in [0.15, 0.2) is 11.0 Å². The topological polar surface area (TPSA) is 94.9 Å². The number of ether oxygens (including phenoxy) is 2. The number of thioether (sulfide) groups is 1. The number of methoxy groups -OCH3 is 1. The molecule has 0 amide bonds. The summed E-state index contributed by atoms with van der Waals surface area (Å²) in [5, 5.41) is 9.67. The predicted molar refractivity (Wildman–Crippen MR) is 115 cm³/mol. The lowest BCUT2D eigenvalue weighted by atomic mass is 10.2. The zero-order valence-electron chi connectivity index (χ0n) is 16.8. The van der Waals surface area contributed by atoms with E-state index in [1.165, 1.54) is 11.8 Å². The number of nitrogens with zero attached hydrogens (tertiary/aromatic N) is 4. The van der Waals surface area contributed by atoms with Gasteiger partial charge in [-0.25, -0.2) is 4.98 Å². The van der Waals surface area contributed by atoms with E-state index in [-0.39, 0.29) is 17.4 Å². The number of hydrogen-bond acceptors (Lipinski definition) is 7. The van der Waals surface area contributed by atoms with Crippen LogP contribution in [0.4, 0.5) is 0 Å². The SMILES string of the molecule is COc1ccc(OCc2nnc(SC(C)c3nc4ccccc4c(=O)[nH]3)n2C)cc1. The van der Waals surface area contributed by atoms with Gasteiger partial charge in [-0.05, 0) is 43.3 Å². The van der Waals surface area contributed by atoms with E-state index in [9.17, 15) is 4.79 Å². The molecule has 154 valence electrons. The predicted octanol–water partition coefficient (Wildman–Crippen LogP) is 3.49. The highest BCUT2D eigenvalue weighted by Crippen LogP contribution is 2.32. The molecule has 0 aliphatic carbocycles. The summed E-state index contributed by atoms with van der Waals surface area (Å²) in [7, 11) is 3.51. The fraction of sp³-hybridized carbons (Fsp3) is 0.238. The first-order chi connectivity index (χ1) is 14.5. The van der Waals surface area contributed by atoms with Crippen molar-refractivity contribution < 1.29 is 9.47 Å². The molecule has 30 heavy (non-hydrogen) atoms. The quantitative estimate of drug-likeness (QED) is 0.455. The summed E-state index contributed by atoms with van der Waals surface area (Å²) in [6, 6.07) is 14.7. The van der Waals surface area contributed by atoms with Crippen LogP contribution in [-0.4, -0.2) is 31.8 Å². The van der Waals surface area contributed by atoms with Gasteiger partial charge in [0, 0.05) is 7.05 Å². The Bertz CT molecular complexity index is 1220. The maximum atomic E-state index is 12.3. The van der Waals surface area contributed by atoms with Crippen molar-refractivity contribution in [1.29, 1.82) is 0 Å². The lowest BCUT2D eigenvalue weighted by Gasteiger charge is -2.11. The number of H-pyrrole nitrogens is 1. The number of nitrogens with one attached hydrogen (secondary N) is 1. The van der Waals surface area contributed by atoms with Crippen LogP contribution >= 0.6 is 11.8 Å². The minimum Gasteiger partial charge on any atom is -0.497 e. The van der Waals surface area contributed by atoms with E-state index in [0.717, 1.165) is 11.5 Å². The molecule has 2 aromatic heterocycles. The van der Waals surface area contributed by atoms with Crippen LogP contribution in [-0.2, 0) is 13.7 Å². The molecule has 1 unspecified atom stereocenters. The molecule has 0 radical (unpaired) electrons. The molecule has 0 saturated heterocycles. The average Bonchev–Trinajstić information content (AvgIpc) is 3.11. The third-order valence-corrected chi connectivity index (χ3v) is 5.79. The molecule has 0 saturated carbocycles. The van der Waals surface area contributed by atoms with Crippen LogP contribution in [0, 0.1) is 0 Å². The van der Waals surface area contributed by atoms with Crippen LogP contribution in [0.5, 0.6) is 11.5 Å². The molecule has 8 nitrogen and oxygen atoms in total.